The zero-order chi connectivity index (χ0) is 22.8. The van der Waals surface area contributed by atoms with Gasteiger partial charge in [-0.3, -0.25) is 9.10 Å². The van der Waals surface area contributed by atoms with Crippen molar-refractivity contribution in [1.29, 1.82) is 0 Å². The molecule has 1 aliphatic rings. The highest BCUT2D eigenvalue weighted by molar-refractivity contribution is 7.92. The van der Waals surface area contributed by atoms with Gasteiger partial charge in [0, 0.05) is 13.2 Å². The highest BCUT2D eigenvalue weighted by Crippen LogP contribution is 2.26. The molecule has 1 saturated carbocycles. The Kier molecular flexibility index (Phi) is 8.93. The van der Waals surface area contributed by atoms with Crippen LogP contribution in [0.4, 0.5) is 5.69 Å². The summed E-state index contributed by atoms with van der Waals surface area (Å²) in [4.78, 5) is 12.7. The van der Waals surface area contributed by atoms with Crippen molar-refractivity contribution >= 4 is 21.6 Å². The fraction of sp³-hybridized carbons (Fsp3) is 0.458. The second-order valence-electron chi connectivity index (χ2n) is 7.73. The number of rotatable bonds is 12. The SMILES string of the molecule is CCOc1ccc(N(CC(=O)NCCCOC2CCCC2)S(=O)(=O)c2ccccc2)cc1. The molecule has 3 rings (SSSR count). The van der Waals surface area contributed by atoms with Crippen LogP contribution < -0.4 is 14.4 Å². The average molecular weight is 461 g/mol. The number of carbonyl (C=O) groups excluding carboxylic acids is 1. The van der Waals surface area contributed by atoms with Gasteiger partial charge in [-0.15, -0.1) is 0 Å². The lowest BCUT2D eigenvalue weighted by Gasteiger charge is -2.24. The molecule has 0 unspecified atom stereocenters. The smallest absolute Gasteiger partial charge is 0.264 e. The van der Waals surface area contributed by atoms with Crippen molar-refractivity contribution in [2.24, 2.45) is 0 Å². The Balaban J connectivity index is 1.64. The van der Waals surface area contributed by atoms with E-state index in [4.69, 9.17) is 9.47 Å². The van der Waals surface area contributed by atoms with Crippen LogP contribution in [0.15, 0.2) is 59.5 Å². The molecule has 7 nitrogen and oxygen atoms in total. The molecule has 2 aromatic rings. The van der Waals surface area contributed by atoms with Gasteiger partial charge in [0.25, 0.3) is 10.0 Å². The number of benzene rings is 2. The summed E-state index contributed by atoms with van der Waals surface area (Å²) in [5.41, 5.74) is 0.400. The van der Waals surface area contributed by atoms with E-state index in [1.54, 1.807) is 42.5 Å². The van der Waals surface area contributed by atoms with Gasteiger partial charge in [0.1, 0.15) is 12.3 Å². The molecule has 0 aromatic heterocycles. The lowest BCUT2D eigenvalue weighted by molar-refractivity contribution is -0.119. The zero-order valence-corrected chi connectivity index (χ0v) is 19.4. The number of hydrogen-bond donors (Lipinski definition) is 1. The predicted molar refractivity (Wildman–Crippen MR) is 124 cm³/mol. The molecular weight excluding hydrogens is 428 g/mol. The Hall–Kier alpha value is -2.58. The Morgan fingerprint density at radius 2 is 1.75 bits per heavy atom. The van der Waals surface area contributed by atoms with Crippen LogP contribution in [-0.2, 0) is 19.6 Å². The van der Waals surface area contributed by atoms with Gasteiger partial charge in [0.15, 0.2) is 0 Å². The van der Waals surface area contributed by atoms with Gasteiger partial charge < -0.3 is 14.8 Å². The zero-order valence-electron chi connectivity index (χ0n) is 18.5. The van der Waals surface area contributed by atoms with Crippen molar-refractivity contribution in [2.45, 2.75) is 50.0 Å². The standard InChI is InChI=1S/C24H32N2O5S/c1-2-30-22-15-13-20(14-16-22)26(32(28,29)23-11-4-3-5-12-23)19-24(27)25-17-8-18-31-21-9-6-7-10-21/h3-5,11-16,21H,2,6-10,17-19H2,1H3,(H,25,27). The minimum atomic E-state index is -3.91. The lowest BCUT2D eigenvalue weighted by atomic mass is 10.3. The number of carbonyl (C=O) groups is 1. The van der Waals surface area contributed by atoms with Crippen molar-refractivity contribution in [2.75, 3.05) is 30.6 Å². The summed E-state index contributed by atoms with van der Waals surface area (Å²) < 4.78 is 39.0. The monoisotopic (exact) mass is 460 g/mol. The Bertz CT molecular complexity index is 942. The minimum Gasteiger partial charge on any atom is -0.494 e. The summed E-state index contributed by atoms with van der Waals surface area (Å²) in [5.74, 6) is 0.277. The quantitative estimate of drug-likeness (QED) is 0.488. The number of anilines is 1. The van der Waals surface area contributed by atoms with E-state index < -0.39 is 10.0 Å². The van der Waals surface area contributed by atoms with Crippen LogP contribution in [-0.4, -0.2) is 46.7 Å². The van der Waals surface area contributed by atoms with Crippen molar-refractivity contribution in [1.82, 2.24) is 5.32 Å². The van der Waals surface area contributed by atoms with Gasteiger partial charge in [-0.05, 0) is 62.6 Å². The van der Waals surface area contributed by atoms with E-state index in [0.29, 0.717) is 43.7 Å². The van der Waals surface area contributed by atoms with Crippen LogP contribution in [0, 0.1) is 0 Å². The number of sulfonamides is 1. The Morgan fingerprint density at radius 1 is 1.06 bits per heavy atom. The molecule has 1 amide bonds. The van der Waals surface area contributed by atoms with E-state index in [1.165, 1.54) is 25.0 Å². The molecule has 2 aromatic carbocycles. The summed E-state index contributed by atoms with van der Waals surface area (Å²) in [6, 6.07) is 14.8. The maximum atomic E-state index is 13.3. The normalized spacial score (nSPS) is 14.3. The van der Waals surface area contributed by atoms with Crippen molar-refractivity contribution in [3.8, 4) is 5.75 Å². The summed E-state index contributed by atoms with van der Waals surface area (Å²) >= 11 is 0. The summed E-state index contributed by atoms with van der Waals surface area (Å²) in [7, 11) is -3.91. The molecule has 32 heavy (non-hydrogen) atoms. The molecule has 0 radical (unpaired) electrons. The van der Waals surface area contributed by atoms with Crippen molar-refractivity contribution in [3.63, 3.8) is 0 Å². The molecule has 1 N–H and O–H groups in total. The molecule has 0 atom stereocenters. The number of nitrogens with zero attached hydrogens (tertiary/aromatic N) is 1. The second-order valence-corrected chi connectivity index (χ2v) is 9.59. The number of nitrogens with one attached hydrogen (secondary N) is 1. The Morgan fingerprint density at radius 3 is 2.41 bits per heavy atom. The lowest BCUT2D eigenvalue weighted by Crippen LogP contribution is -2.41. The van der Waals surface area contributed by atoms with Crippen LogP contribution in [0.3, 0.4) is 0 Å². The van der Waals surface area contributed by atoms with Crippen LogP contribution in [0.1, 0.15) is 39.0 Å². The molecular formula is C24H32N2O5S. The third kappa shape index (κ3) is 6.71. The number of ether oxygens (including phenoxy) is 2. The largest absolute Gasteiger partial charge is 0.494 e. The highest BCUT2D eigenvalue weighted by Gasteiger charge is 2.27. The summed E-state index contributed by atoms with van der Waals surface area (Å²) in [6.07, 6.45) is 5.70. The predicted octanol–water partition coefficient (Wildman–Crippen LogP) is 3.75. The van der Waals surface area contributed by atoms with Gasteiger partial charge in [-0.25, -0.2) is 8.42 Å². The summed E-state index contributed by atoms with van der Waals surface area (Å²) in [6.45, 7) is 3.11. The number of hydrogen-bond acceptors (Lipinski definition) is 5. The van der Waals surface area contributed by atoms with Crippen LogP contribution in [0.5, 0.6) is 5.75 Å². The van der Waals surface area contributed by atoms with Gasteiger partial charge in [-0.1, -0.05) is 31.0 Å². The first-order valence-electron chi connectivity index (χ1n) is 11.2. The number of amides is 1. The first-order chi connectivity index (χ1) is 15.5. The average Bonchev–Trinajstić information content (AvgIpc) is 3.32. The van der Waals surface area contributed by atoms with Gasteiger partial charge in [-0.2, -0.15) is 0 Å². The van der Waals surface area contributed by atoms with Crippen LogP contribution in [0.25, 0.3) is 0 Å². The first-order valence-corrected chi connectivity index (χ1v) is 12.6. The molecule has 0 heterocycles. The molecule has 0 aliphatic heterocycles. The third-order valence-electron chi connectivity index (χ3n) is 5.35. The molecule has 0 spiro atoms. The molecule has 1 fully saturated rings. The summed E-state index contributed by atoms with van der Waals surface area (Å²) in [5, 5.41) is 2.81. The van der Waals surface area contributed by atoms with Crippen LogP contribution >= 0.6 is 0 Å². The topological polar surface area (TPSA) is 84.9 Å². The maximum Gasteiger partial charge on any atom is 0.264 e. The van der Waals surface area contributed by atoms with Crippen molar-refractivity contribution in [3.05, 3.63) is 54.6 Å². The van der Waals surface area contributed by atoms with E-state index in [1.807, 2.05) is 6.92 Å². The first kappa shape index (κ1) is 24.1. The highest BCUT2D eigenvalue weighted by atomic mass is 32.2. The van der Waals surface area contributed by atoms with Gasteiger partial charge >= 0.3 is 0 Å². The molecule has 0 saturated heterocycles. The van der Waals surface area contributed by atoms with E-state index in [9.17, 15) is 13.2 Å². The van der Waals surface area contributed by atoms with E-state index in [-0.39, 0.29) is 17.3 Å². The molecule has 1 aliphatic carbocycles. The van der Waals surface area contributed by atoms with E-state index >= 15 is 0 Å². The maximum absolute atomic E-state index is 13.3. The molecule has 0 bridgehead atoms. The molecule has 174 valence electrons. The second kappa shape index (κ2) is 11.9. The van der Waals surface area contributed by atoms with Gasteiger partial charge in [0.05, 0.1) is 23.3 Å². The van der Waals surface area contributed by atoms with Gasteiger partial charge in [0.2, 0.25) is 5.91 Å². The van der Waals surface area contributed by atoms with Crippen LogP contribution in [0.2, 0.25) is 0 Å². The van der Waals surface area contributed by atoms with E-state index in [0.717, 1.165) is 17.1 Å². The minimum absolute atomic E-state index is 0.131. The fourth-order valence-electron chi connectivity index (χ4n) is 3.70. The van der Waals surface area contributed by atoms with E-state index in [2.05, 4.69) is 5.32 Å². The molecule has 8 heteroatoms. The fourth-order valence-corrected chi connectivity index (χ4v) is 5.14. The Labute approximate surface area is 190 Å². The van der Waals surface area contributed by atoms with Crippen molar-refractivity contribution < 1.29 is 22.7 Å². The third-order valence-corrected chi connectivity index (χ3v) is 7.14.